The summed E-state index contributed by atoms with van der Waals surface area (Å²) in [7, 11) is 3.14. The lowest BCUT2D eigenvalue weighted by molar-refractivity contribution is -0.117. The molecule has 4 N–H and O–H groups in total. The zero-order valence-corrected chi connectivity index (χ0v) is 22.8. The van der Waals surface area contributed by atoms with Crippen LogP contribution in [0.5, 0.6) is 11.5 Å². The number of aromatic nitrogens is 2. The molecule has 10 nitrogen and oxygen atoms in total. The molecule has 0 saturated carbocycles. The van der Waals surface area contributed by atoms with Gasteiger partial charge in [-0.15, -0.1) is 0 Å². The lowest BCUT2D eigenvalue weighted by Gasteiger charge is -2.15. The minimum absolute atomic E-state index is 0.0294. The van der Waals surface area contributed by atoms with Crippen LogP contribution >= 0.6 is 0 Å². The first-order valence-electron chi connectivity index (χ1n) is 13.1. The van der Waals surface area contributed by atoms with E-state index in [0.29, 0.717) is 46.5 Å². The lowest BCUT2D eigenvalue weighted by Crippen LogP contribution is -2.28. The molecule has 1 saturated heterocycles. The molecule has 1 aliphatic rings. The number of nitrogens with zero attached hydrogens (tertiary/aromatic N) is 3. The summed E-state index contributed by atoms with van der Waals surface area (Å²) in [6.07, 6.45) is 4.97. The third kappa shape index (κ3) is 7.23. The summed E-state index contributed by atoms with van der Waals surface area (Å²) >= 11 is 0. The van der Waals surface area contributed by atoms with Crippen molar-refractivity contribution in [2.45, 2.75) is 32.6 Å². The van der Waals surface area contributed by atoms with Gasteiger partial charge in [-0.1, -0.05) is 6.07 Å². The van der Waals surface area contributed by atoms with Crippen LogP contribution in [0.3, 0.4) is 0 Å². The average molecular weight is 533 g/mol. The van der Waals surface area contributed by atoms with Gasteiger partial charge in [0.05, 0.1) is 26.3 Å². The van der Waals surface area contributed by atoms with Crippen molar-refractivity contribution >= 4 is 23.5 Å². The van der Waals surface area contributed by atoms with E-state index in [1.807, 2.05) is 19.1 Å². The second kappa shape index (κ2) is 13.1. The molecule has 1 fully saturated rings. The summed E-state index contributed by atoms with van der Waals surface area (Å²) in [5, 5.41) is 6.20. The maximum absolute atomic E-state index is 13.0. The Morgan fingerprint density at radius 2 is 1.82 bits per heavy atom. The largest absolute Gasteiger partial charge is 0.493 e. The molecule has 2 aromatic carbocycles. The van der Waals surface area contributed by atoms with Crippen molar-refractivity contribution in [3.63, 3.8) is 0 Å². The third-order valence-corrected chi connectivity index (χ3v) is 6.76. The van der Waals surface area contributed by atoms with Gasteiger partial charge in [0.2, 0.25) is 11.9 Å². The lowest BCUT2D eigenvalue weighted by atomic mass is 9.97. The Morgan fingerprint density at radius 1 is 1.05 bits per heavy atom. The number of carbonyl (C=O) groups is 2. The summed E-state index contributed by atoms with van der Waals surface area (Å²) in [4.78, 5) is 36.3. The van der Waals surface area contributed by atoms with Crippen molar-refractivity contribution in [3.05, 3.63) is 59.3 Å². The van der Waals surface area contributed by atoms with Gasteiger partial charge in [-0.05, 0) is 75.6 Å². The van der Waals surface area contributed by atoms with Gasteiger partial charge in [0.1, 0.15) is 0 Å². The number of nitrogens with one attached hydrogen (secondary N) is 2. The summed E-state index contributed by atoms with van der Waals surface area (Å²) in [5.74, 6) is 0.838. The summed E-state index contributed by atoms with van der Waals surface area (Å²) in [6, 6.07) is 10.9. The number of carbonyl (C=O) groups excluding carboxylic acids is 2. The van der Waals surface area contributed by atoms with E-state index in [-0.39, 0.29) is 12.3 Å². The molecule has 2 heterocycles. The second-order valence-corrected chi connectivity index (χ2v) is 9.59. The maximum Gasteiger partial charge on any atom is 0.251 e. The molecular formula is C29H36N6O4. The van der Waals surface area contributed by atoms with Crippen LogP contribution in [-0.2, 0) is 11.2 Å². The zero-order valence-electron chi connectivity index (χ0n) is 22.8. The molecule has 0 bridgehead atoms. The molecule has 39 heavy (non-hydrogen) atoms. The zero-order chi connectivity index (χ0) is 27.8. The first-order chi connectivity index (χ1) is 18.9. The predicted molar refractivity (Wildman–Crippen MR) is 151 cm³/mol. The van der Waals surface area contributed by atoms with Crippen molar-refractivity contribution in [3.8, 4) is 22.8 Å². The fourth-order valence-corrected chi connectivity index (χ4v) is 4.69. The van der Waals surface area contributed by atoms with Crippen LogP contribution in [0.1, 0.15) is 40.7 Å². The number of likely N-dealkylation sites (tertiary alicyclic amines) is 1. The summed E-state index contributed by atoms with van der Waals surface area (Å²) in [6.45, 7) is 5.82. The van der Waals surface area contributed by atoms with Crippen LogP contribution in [0.25, 0.3) is 11.3 Å². The molecule has 0 spiro atoms. The Kier molecular flexibility index (Phi) is 9.32. The quantitative estimate of drug-likeness (QED) is 0.302. The molecule has 0 atom stereocenters. The van der Waals surface area contributed by atoms with E-state index in [0.717, 1.165) is 37.2 Å². The van der Waals surface area contributed by atoms with E-state index in [4.69, 9.17) is 20.2 Å². The number of primary amides is 1. The van der Waals surface area contributed by atoms with E-state index in [2.05, 4.69) is 20.5 Å². The normalized spacial score (nSPS) is 13.2. The monoisotopic (exact) mass is 532 g/mol. The SMILES string of the molecule is COc1ccc(Nc2ncc(CC(N)=O)c(-c3cc(C(=O)NCCCN4CCCC4)ccc3C)n2)cc1OC. The maximum atomic E-state index is 13.0. The van der Waals surface area contributed by atoms with Crippen molar-refractivity contribution in [1.82, 2.24) is 20.2 Å². The molecule has 0 aliphatic carbocycles. The van der Waals surface area contributed by atoms with Gasteiger partial charge in [0, 0.05) is 41.2 Å². The van der Waals surface area contributed by atoms with Crippen LogP contribution in [-0.4, -0.2) is 67.1 Å². The first kappa shape index (κ1) is 27.8. The molecule has 3 aromatic rings. The van der Waals surface area contributed by atoms with Crippen LogP contribution < -0.4 is 25.8 Å². The molecular weight excluding hydrogens is 496 g/mol. The van der Waals surface area contributed by atoms with Crippen molar-refractivity contribution < 1.29 is 19.1 Å². The highest BCUT2D eigenvalue weighted by atomic mass is 16.5. The van der Waals surface area contributed by atoms with Crippen molar-refractivity contribution in [1.29, 1.82) is 0 Å². The summed E-state index contributed by atoms with van der Waals surface area (Å²) in [5.41, 5.74) is 9.48. The van der Waals surface area contributed by atoms with E-state index in [1.54, 1.807) is 44.7 Å². The van der Waals surface area contributed by atoms with Gasteiger partial charge in [-0.25, -0.2) is 9.97 Å². The Labute approximate surface area is 228 Å². The third-order valence-electron chi connectivity index (χ3n) is 6.76. The highest BCUT2D eigenvalue weighted by molar-refractivity contribution is 5.96. The molecule has 2 amide bonds. The Bertz CT molecular complexity index is 1320. The number of nitrogens with two attached hydrogens (primary N) is 1. The van der Waals surface area contributed by atoms with E-state index < -0.39 is 5.91 Å². The number of ether oxygens (including phenoxy) is 2. The van der Waals surface area contributed by atoms with Crippen LogP contribution in [0.15, 0.2) is 42.6 Å². The van der Waals surface area contributed by atoms with Gasteiger partial charge < -0.3 is 30.7 Å². The van der Waals surface area contributed by atoms with Crippen LogP contribution in [0.2, 0.25) is 0 Å². The minimum atomic E-state index is -0.495. The fourth-order valence-electron chi connectivity index (χ4n) is 4.69. The predicted octanol–water partition coefficient (Wildman–Crippen LogP) is 3.46. The number of methoxy groups -OCH3 is 2. The van der Waals surface area contributed by atoms with E-state index >= 15 is 0 Å². The van der Waals surface area contributed by atoms with Crippen molar-refractivity contribution in [2.24, 2.45) is 5.73 Å². The smallest absolute Gasteiger partial charge is 0.251 e. The number of benzene rings is 2. The molecule has 0 unspecified atom stereocenters. The Balaban J connectivity index is 1.57. The number of anilines is 2. The minimum Gasteiger partial charge on any atom is -0.493 e. The highest BCUT2D eigenvalue weighted by Crippen LogP contribution is 2.32. The molecule has 10 heteroatoms. The van der Waals surface area contributed by atoms with Gasteiger partial charge in [-0.3, -0.25) is 9.59 Å². The Morgan fingerprint density at radius 3 is 2.54 bits per heavy atom. The van der Waals surface area contributed by atoms with E-state index in [1.165, 1.54) is 12.8 Å². The summed E-state index contributed by atoms with van der Waals surface area (Å²) < 4.78 is 10.7. The van der Waals surface area contributed by atoms with E-state index in [9.17, 15) is 9.59 Å². The molecule has 1 aromatic heterocycles. The number of hydrogen-bond acceptors (Lipinski definition) is 8. The number of rotatable bonds is 12. The number of aryl methyl sites for hydroxylation is 1. The molecule has 1 aliphatic heterocycles. The van der Waals surface area contributed by atoms with Gasteiger partial charge in [0.15, 0.2) is 11.5 Å². The molecule has 206 valence electrons. The first-order valence-corrected chi connectivity index (χ1v) is 13.1. The molecule has 0 radical (unpaired) electrons. The van der Waals surface area contributed by atoms with Gasteiger partial charge in [0.25, 0.3) is 5.91 Å². The molecule has 4 rings (SSSR count). The number of hydrogen-bond donors (Lipinski definition) is 3. The average Bonchev–Trinajstić information content (AvgIpc) is 3.45. The van der Waals surface area contributed by atoms with Crippen molar-refractivity contribution in [2.75, 3.05) is 45.7 Å². The number of amides is 2. The standard InChI is InChI=1S/C29H36N6O4/c1-19-7-8-20(28(37)31-11-6-14-35-12-4-5-13-35)15-23(19)27-21(16-26(30)36)18-32-29(34-27)33-22-9-10-24(38-2)25(17-22)39-3/h7-10,15,17-18H,4-6,11-14,16H2,1-3H3,(H2,30,36)(H,31,37)(H,32,33,34). The second-order valence-electron chi connectivity index (χ2n) is 9.59. The van der Waals surface area contributed by atoms with Gasteiger partial charge >= 0.3 is 0 Å². The Hall–Kier alpha value is -4.18. The topological polar surface area (TPSA) is 132 Å². The van der Waals surface area contributed by atoms with Crippen LogP contribution in [0.4, 0.5) is 11.6 Å². The van der Waals surface area contributed by atoms with Gasteiger partial charge in [-0.2, -0.15) is 0 Å². The highest BCUT2D eigenvalue weighted by Gasteiger charge is 2.17. The fraction of sp³-hybridized carbons (Fsp3) is 0.379. The van der Waals surface area contributed by atoms with Crippen LogP contribution in [0, 0.1) is 6.92 Å².